The highest BCUT2D eigenvalue weighted by Gasteiger charge is 2.12. The lowest BCUT2D eigenvalue weighted by Gasteiger charge is -2.16. The highest BCUT2D eigenvalue weighted by molar-refractivity contribution is 5.52. The maximum Gasteiger partial charge on any atom is 0.133 e. The second-order valence-electron chi connectivity index (χ2n) is 8.64. The second kappa shape index (κ2) is 9.29. The number of nitrogens with two attached hydrogens (primary N) is 2. The largest absolute Gasteiger partial charge is 0.457 e. The lowest BCUT2D eigenvalue weighted by Crippen LogP contribution is -1.98. The summed E-state index contributed by atoms with van der Waals surface area (Å²) in [4.78, 5) is 0. The van der Waals surface area contributed by atoms with Crippen molar-refractivity contribution in [3.8, 4) is 23.0 Å². The Morgan fingerprint density at radius 3 is 1.24 bits per heavy atom. The summed E-state index contributed by atoms with van der Waals surface area (Å²) in [6.45, 7) is 8.32. The number of hydrogen-bond acceptors (Lipinski definition) is 4. The molecule has 0 radical (unpaired) electrons. The lowest BCUT2D eigenvalue weighted by atomic mass is 9.97. The smallest absolute Gasteiger partial charge is 0.133 e. The SMILES string of the molecule is Cc1cc(Cc2cc(C)c(Oc3cccc(N)c3)c(C)c2)cc(C)c1Oc1cccc(N)c1. The van der Waals surface area contributed by atoms with E-state index in [1.54, 1.807) is 0 Å². The van der Waals surface area contributed by atoms with Crippen LogP contribution in [0.3, 0.4) is 0 Å². The highest BCUT2D eigenvalue weighted by atomic mass is 16.5. The molecule has 0 aliphatic rings. The average Bonchev–Trinajstić information content (AvgIpc) is 2.74. The van der Waals surface area contributed by atoms with Crippen molar-refractivity contribution in [2.45, 2.75) is 34.1 Å². The van der Waals surface area contributed by atoms with E-state index in [2.05, 4.69) is 52.0 Å². The average molecular weight is 439 g/mol. The Bertz CT molecular complexity index is 1160. The van der Waals surface area contributed by atoms with Gasteiger partial charge in [0.25, 0.3) is 0 Å². The van der Waals surface area contributed by atoms with Gasteiger partial charge in [0.1, 0.15) is 23.0 Å². The number of rotatable bonds is 6. The quantitative estimate of drug-likeness (QED) is 0.311. The van der Waals surface area contributed by atoms with Crippen LogP contribution >= 0.6 is 0 Å². The molecule has 0 amide bonds. The van der Waals surface area contributed by atoms with Gasteiger partial charge < -0.3 is 20.9 Å². The predicted molar refractivity (Wildman–Crippen MR) is 136 cm³/mol. The monoisotopic (exact) mass is 438 g/mol. The van der Waals surface area contributed by atoms with Crippen LogP contribution in [0.5, 0.6) is 23.0 Å². The van der Waals surface area contributed by atoms with Gasteiger partial charge in [0.2, 0.25) is 0 Å². The van der Waals surface area contributed by atoms with Crippen LogP contribution in [0.25, 0.3) is 0 Å². The van der Waals surface area contributed by atoms with Crippen LogP contribution in [-0.4, -0.2) is 0 Å². The van der Waals surface area contributed by atoms with Gasteiger partial charge in [-0.15, -0.1) is 0 Å². The number of hydrogen-bond donors (Lipinski definition) is 2. The van der Waals surface area contributed by atoms with E-state index in [0.717, 1.165) is 51.7 Å². The molecular weight excluding hydrogens is 408 g/mol. The van der Waals surface area contributed by atoms with E-state index in [9.17, 15) is 0 Å². The van der Waals surface area contributed by atoms with Crippen LogP contribution < -0.4 is 20.9 Å². The normalized spacial score (nSPS) is 10.8. The van der Waals surface area contributed by atoms with E-state index in [4.69, 9.17) is 20.9 Å². The van der Waals surface area contributed by atoms with Crippen molar-refractivity contribution in [3.05, 3.63) is 106 Å². The predicted octanol–water partition coefficient (Wildman–Crippen LogP) is 7.26. The fourth-order valence-corrected chi connectivity index (χ4v) is 4.23. The first-order chi connectivity index (χ1) is 15.8. The third-order valence-electron chi connectivity index (χ3n) is 5.60. The van der Waals surface area contributed by atoms with Crippen molar-refractivity contribution in [2.75, 3.05) is 11.5 Å². The first-order valence-corrected chi connectivity index (χ1v) is 11.1. The summed E-state index contributed by atoms with van der Waals surface area (Å²) in [5, 5.41) is 0. The molecule has 0 aromatic heterocycles. The third kappa shape index (κ3) is 5.29. The van der Waals surface area contributed by atoms with Crippen LogP contribution in [0.4, 0.5) is 11.4 Å². The lowest BCUT2D eigenvalue weighted by molar-refractivity contribution is 0.475. The minimum Gasteiger partial charge on any atom is -0.457 e. The van der Waals surface area contributed by atoms with Gasteiger partial charge in [0.15, 0.2) is 0 Å². The van der Waals surface area contributed by atoms with E-state index in [1.807, 2.05) is 48.5 Å². The maximum absolute atomic E-state index is 6.14. The summed E-state index contributed by atoms with van der Waals surface area (Å²) in [5.74, 6) is 3.25. The zero-order chi connectivity index (χ0) is 23.5. The van der Waals surface area contributed by atoms with E-state index in [0.29, 0.717) is 11.4 Å². The molecule has 0 aliphatic heterocycles. The van der Waals surface area contributed by atoms with Crippen molar-refractivity contribution in [1.82, 2.24) is 0 Å². The van der Waals surface area contributed by atoms with Crippen molar-refractivity contribution in [1.29, 1.82) is 0 Å². The van der Waals surface area contributed by atoms with E-state index in [1.165, 1.54) is 11.1 Å². The topological polar surface area (TPSA) is 70.5 Å². The molecule has 0 spiro atoms. The molecular formula is C29H30N2O2. The standard InChI is InChI=1S/C29H30N2O2/c1-18-11-22(12-19(2)28(18)32-26-9-5-7-24(30)16-26)15-23-13-20(3)29(21(4)14-23)33-27-10-6-8-25(31)17-27/h5-14,16-17H,15,30-31H2,1-4H3. The first kappa shape index (κ1) is 22.3. The molecule has 0 atom stereocenters. The van der Waals surface area contributed by atoms with Crippen molar-refractivity contribution >= 4 is 11.4 Å². The maximum atomic E-state index is 6.14. The number of nitrogen functional groups attached to an aromatic ring is 2. The summed E-state index contributed by atoms with van der Waals surface area (Å²) in [5.41, 5.74) is 20.0. The second-order valence-corrected chi connectivity index (χ2v) is 8.64. The molecule has 4 aromatic carbocycles. The van der Waals surface area contributed by atoms with Crippen LogP contribution in [0.2, 0.25) is 0 Å². The summed E-state index contributed by atoms with van der Waals surface area (Å²) >= 11 is 0. The Labute approximate surface area is 195 Å². The molecule has 4 nitrogen and oxygen atoms in total. The molecule has 0 saturated heterocycles. The molecule has 0 saturated carbocycles. The Hall–Kier alpha value is -3.92. The zero-order valence-electron chi connectivity index (χ0n) is 19.6. The molecule has 4 rings (SSSR count). The van der Waals surface area contributed by atoms with Gasteiger partial charge in [0.05, 0.1) is 0 Å². The molecule has 4 aromatic rings. The van der Waals surface area contributed by atoms with Crippen molar-refractivity contribution < 1.29 is 9.47 Å². The van der Waals surface area contributed by atoms with Gasteiger partial charge >= 0.3 is 0 Å². The Morgan fingerprint density at radius 2 is 0.909 bits per heavy atom. The zero-order valence-corrected chi connectivity index (χ0v) is 19.6. The summed E-state index contributed by atoms with van der Waals surface area (Å²) in [6, 6.07) is 23.8. The van der Waals surface area contributed by atoms with Gasteiger partial charge in [-0.25, -0.2) is 0 Å². The molecule has 4 heteroatoms. The van der Waals surface area contributed by atoms with Crippen LogP contribution in [0.1, 0.15) is 33.4 Å². The molecule has 0 heterocycles. The molecule has 0 bridgehead atoms. The van der Waals surface area contributed by atoms with Crippen molar-refractivity contribution in [2.24, 2.45) is 0 Å². The Morgan fingerprint density at radius 1 is 0.545 bits per heavy atom. The summed E-state index contributed by atoms with van der Waals surface area (Å²) in [6.07, 6.45) is 0.834. The molecule has 0 aliphatic carbocycles. The number of benzene rings is 4. The first-order valence-electron chi connectivity index (χ1n) is 11.1. The van der Waals surface area contributed by atoms with Gasteiger partial charge in [-0.05, 0) is 91.8 Å². The number of anilines is 2. The molecule has 4 N–H and O–H groups in total. The molecule has 33 heavy (non-hydrogen) atoms. The van der Waals surface area contributed by atoms with E-state index < -0.39 is 0 Å². The Balaban J connectivity index is 1.55. The summed E-state index contributed by atoms with van der Waals surface area (Å²) < 4.78 is 12.3. The fraction of sp³-hybridized carbons (Fsp3) is 0.172. The number of ether oxygens (including phenoxy) is 2. The molecule has 0 unspecified atom stereocenters. The number of aryl methyl sites for hydroxylation is 4. The molecule has 168 valence electrons. The van der Waals surface area contributed by atoms with E-state index >= 15 is 0 Å². The summed E-state index contributed by atoms with van der Waals surface area (Å²) in [7, 11) is 0. The minimum atomic E-state index is 0.688. The Kier molecular flexibility index (Phi) is 6.27. The van der Waals surface area contributed by atoms with Crippen LogP contribution in [-0.2, 0) is 6.42 Å². The van der Waals surface area contributed by atoms with Crippen molar-refractivity contribution in [3.63, 3.8) is 0 Å². The van der Waals surface area contributed by atoms with Crippen LogP contribution in [0, 0.1) is 27.7 Å². The van der Waals surface area contributed by atoms with Gasteiger partial charge in [-0.3, -0.25) is 0 Å². The van der Waals surface area contributed by atoms with E-state index in [-0.39, 0.29) is 0 Å². The third-order valence-corrected chi connectivity index (χ3v) is 5.60. The fourth-order valence-electron chi connectivity index (χ4n) is 4.23. The van der Waals surface area contributed by atoms with Gasteiger partial charge in [-0.1, -0.05) is 36.4 Å². The highest BCUT2D eigenvalue weighted by Crippen LogP contribution is 2.33. The minimum absolute atomic E-state index is 0.688. The van der Waals surface area contributed by atoms with Crippen LogP contribution in [0.15, 0.2) is 72.8 Å². The van der Waals surface area contributed by atoms with Gasteiger partial charge in [-0.2, -0.15) is 0 Å². The molecule has 0 fully saturated rings. The van der Waals surface area contributed by atoms with Gasteiger partial charge in [0, 0.05) is 23.5 Å².